The number of rotatable bonds is 5. The Labute approximate surface area is 111 Å². The van der Waals surface area contributed by atoms with Gasteiger partial charge in [0.1, 0.15) is 0 Å². The molecule has 3 heteroatoms. The molecule has 0 unspecified atom stereocenters. The molecule has 0 bridgehead atoms. The van der Waals surface area contributed by atoms with E-state index in [4.69, 9.17) is 0 Å². The van der Waals surface area contributed by atoms with Crippen molar-refractivity contribution in [1.29, 1.82) is 0 Å². The maximum atomic E-state index is 4.20. The van der Waals surface area contributed by atoms with Crippen LogP contribution in [0, 0.1) is 12.8 Å². The summed E-state index contributed by atoms with van der Waals surface area (Å²) in [7, 11) is 0. The van der Waals surface area contributed by atoms with E-state index in [1.54, 1.807) is 0 Å². The molecular weight excluding hydrogens is 222 g/mol. The van der Waals surface area contributed by atoms with Gasteiger partial charge in [-0.1, -0.05) is 6.92 Å². The van der Waals surface area contributed by atoms with Gasteiger partial charge in [-0.2, -0.15) is 0 Å². The van der Waals surface area contributed by atoms with E-state index < -0.39 is 0 Å². The molecule has 0 saturated carbocycles. The summed E-state index contributed by atoms with van der Waals surface area (Å²) < 4.78 is 0. The van der Waals surface area contributed by atoms with E-state index in [2.05, 4.69) is 35.1 Å². The van der Waals surface area contributed by atoms with Crippen LogP contribution in [0.15, 0.2) is 18.5 Å². The Bertz CT molecular complexity index is 359. The third kappa shape index (κ3) is 3.45. The molecule has 100 valence electrons. The van der Waals surface area contributed by atoms with Crippen molar-refractivity contribution in [2.75, 3.05) is 31.1 Å². The van der Waals surface area contributed by atoms with Crippen molar-refractivity contribution in [3.63, 3.8) is 0 Å². The molecule has 2 heterocycles. The quantitative estimate of drug-likeness (QED) is 0.867. The topological polar surface area (TPSA) is 28.2 Å². The Kier molecular flexibility index (Phi) is 5.00. The molecule has 0 radical (unpaired) electrons. The second-order valence-electron chi connectivity index (χ2n) is 5.30. The maximum absolute atomic E-state index is 4.20. The second-order valence-corrected chi connectivity index (χ2v) is 5.30. The number of hydrogen-bond donors (Lipinski definition) is 1. The fraction of sp³-hybridized carbons (Fsp3) is 0.667. The molecule has 0 aliphatic carbocycles. The SMILES string of the molecule is CCCN(CC1CCNCC1)c1ccncc1C. The van der Waals surface area contributed by atoms with E-state index in [1.165, 1.54) is 50.1 Å². The summed E-state index contributed by atoms with van der Waals surface area (Å²) in [6.07, 6.45) is 7.70. The zero-order valence-electron chi connectivity index (χ0n) is 11.7. The van der Waals surface area contributed by atoms with Gasteiger partial charge in [-0.25, -0.2) is 0 Å². The van der Waals surface area contributed by atoms with Crippen LogP contribution in [0.2, 0.25) is 0 Å². The van der Waals surface area contributed by atoms with Gasteiger partial charge in [0, 0.05) is 31.2 Å². The molecule has 18 heavy (non-hydrogen) atoms. The molecular formula is C15H25N3. The summed E-state index contributed by atoms with van der Waals surface area (Å²) in [5.74, 6) is 0.838. The highest BCUT2D eigenvalue weighted by Crippen LogP contribution is 2.22. The molecule has 0 amide bonds. The number of piperidine rings is 1. The summed E-state index contributed by atoms with van der Waals surface area (Å²) in [6.45, 7) is 9.12. The van der Waals surface area contributed by atoms with Crippen LogP contribution >= 0.6 is 0 Å². The molecule has 1 N–H and O–H groups in total. The van der Waals surface area contributed by atoms with Crippen LogP contribution in [-0.2, 0) is 0 Å². The van der Waals surface area contributed by atoms with Crippen molar-refractivity contribution >= 4 is 5.69 Å². The van der Waals surface area contributed by atoms with Gasteiger partial charge in [0.25, 0.3) is 0 Å². The first-order valence-electron chi connectivity index (χ1n) is 7.17. The van der Waals surface area contributed by atoms with Crippen LogP contribution in [0.3, 0.4) is 0 Å². The fourth-order valence-corrected chi connectivity index (χ4v) is 2.78. The monoisotopic (exact) mass is 247 g/mol. The van der Waals surface area contributed by atoms with E-state index >= 15 is 0 Å². The van der Waals surface area contributed by atoms with Crippen LogP contribution in [0.25, 0.3) is 0 Å². The van der Waals surface area contributed by atoms with E-state index in [1.807, 2.05) is 12.4 Å². The molecule has 1 aromatic heterocycles. The van der Waals surface area contributed by atoms with Gasteiger partial charge >= 0.3 is 0 Å². The van der Waals surface area contributed by atoms with Gasteiger partial charge in [-0.15, -0.1) is 0 Å². The van der Waals surface area contributed by atoms with Gasteiger partial charge in [0.15, 0.2) is 0 Å². The average Bonchev–Trinajstić information content (AvgIpc) is 2.40. The summed E-state index contributed by atoms with van der Waals surface area (Å²) >= 11 is 0. The largest absolute Gasteiger partial charge is 0.371 e. The van der Waals surface area contributed by atoms with Gasteiger partial charge in [-0.05, 0) is 56.8 Å². The molecule has 1 saturated heterocycles. The highest BCUT2D eigenvalue weighted by molar-refractivity contribution is 5.51. The minimum atomic E-state index is 0.838. The Morgan fingerprint density at radius 3 is 2.83 bits per heavy atom. The van der Waals surface area contributed by atoms with Crippen LogP contribution in [0.5, 0.6) is 0 Å². The minimum absolute atomic E-state index is 0.838. The summed E-state index contributed by atoms with van der Waals surface area (Å²) in [6, 6.07) is 2.16. The van der Waals surface area contributed by atoms with Crippen molar-refractivity contribution in [3.8, 4) is 0 Å². The highest BCUT2D eigenvalue weighted by atomic mass is 15.1. The standard InChI is InChI=1S/C15H25N3/c1-3-10-18(12-14-4-7-16-8-5-14)15-6-9-17-11-13(15)2/h6,9,11,14,16H,3-5,7-8,10,12H2,1-2H3. The molecule has 2 rings (SSSR count). The first kappa shape index (κ1) is 13.3. The lowest BCUT2D eigenvalue weighted by Crippen LogP contribution is -2.36. The normalized spacial score (nSPS) is 16.8. The van der Waals surface area contributed by atoms with Gasteiger partial charge < -0.3 is 10.2 Å². The van der Waals surface area contributed by atoms with Crippen LogP contribution < -0.4 is 10.2 Å². The molecule has 3 nitrogen and oxygen atoms in total. The van der Waals surface area contributed by atoms with Crippen molar-refractivity contribution in [2.45, 2.75) is 33.1 Å². The summed E-state index contributed by atoms with van der Waals surface area (Å²) in [5.41, 5.74) is 2.66. The van der Waals surface area contributed by atoms with Crippen molar-refractivity contribution in [1.82, 2.24) is 10.3 Å². The van der Waals surface area contributed by atoms with Crippen molar-refractivity contribution in [2.24, 2.45) is 5.92 Å². The molecule has 1 aliphatic rings. The Morgan fingerprint density at radius 2 is 2.17 bits per heavy atom. The lowest BCUT2D eigenvalue weighted by Gasteiger charge is -2.32. The Morgan fingerprint density at radius 1 is 1.39 bits per heavy atom. The molecule has 0 aromatic carbocycles. The number of pyridine rings is 1. The molecule has 1 aromatic rings. The second kappa shape index (κ2) is 6.74. The minimum Gasteiger partial charge on any atom is -0.371 e. The highest BCUT2D eigenvalue weighted by Gasteiger charge is 2.17. The van der Waals surface area contributed by atoms with Crippen LogP contribution in [-0.4, -0.2) is 31.2 Å². The van der Waals surface area contributed by atoms with E-state index in [-0.39, 0.29) is 0 Å². The average molecular weight is 247 g/mol. The van der Waals surface area contributed by atoms with Crippen molar-refractivity contribution in [3.05, 3.63) is 24.0 Å². The summed E-state index contributed by atoms with van der Waals surface area (Å²) in [5, 5.41) is 3.44. The first-order chi connectivity index (χ1) is 8.81. The van der Waals surface area contributed by atoms with E-state index in [0.29, 0.717) is 0 Å². The predicted molar refractivity (Wildman–Crippen MR) is 77.1 cm³/mol. The third-order valence-corrected chi connectivity index (χ3v) is 3.76. The van der Waals surface area contributed by atoms with Gasteiger partial charge in [0.2, 0.25) is 0 Å². The third-order valence-electron chi connectivity index (χ3n) is 3.76. The zero-order chi connectivity index (χ0) is 12.8. The Hall–Kier alpha value is -1.09. The fourth-order valence-electron chi connectivity index (χ4n) is 2.78. The number of nitrogens with zero attached hydrogens (tertiary/aromatic N) is 2. The number of anilines is 1. The molecule has 1 fully saturated rings. The number of aromatic nitrogens is 1. The molecule has 0 spiro atoms. The maximum Gasteiger partial charge on any atom is 0.0426 e. The summed E-state index contributed by atoms with van der Waals surface area (Å²) in [4.78, 5) is 6.75. The number of hydrogen-bond acceptors (Lipinski definition) is 3. The number of nitrogens with one attached hydrogen (secondary N) is 1. The molecule has 0 atom stereocenters. The van der Waals surface area contributed by atoms with Crippen LogP contribution in [0.1, 0.15) is 31.7 Å². The Balaban J connectivity index is 2.05. The lowest BCUT2D eigenvalue weighted by atomic mass is 9.97. The predicted octanol–water partition coefficient (Wildman–Crippen LogP) is 2.61. The van der Waals surface area contributed by atoms with Crippen LogP contribution in [0.4, 0.5) is 5.69 Å². The van der Waals surface area contributed by atoms with E-state index in [9.17, 15) is 0 Å². The van der Waals surface area contributed by atoms with E-state index in [0.717, 1.165) is 12.5 Å². The van der Waals surface area contributed by atoms with Gasteiger partial charge in [0.05, 0.1) is 0 Å². The first-order valence-corrected chi connectivity index (χ1v) is 7.17. The van der Waals surface area contributed by atoms with Gasteiger partial charge in [-0.3, -0.25) is 4.98 Å². The smallest absolute Gasteiger partial charge is 0.0426 e. The van der Waals surface area contributed by atoms with Crippen molar-refractivity contribution < 1.29 is 0 Å². The number of aryl methyl sites for hydroxylation is 1. The zero-order valence-corrected chi connectivity index (χ0v) is 11.7. The lowest BCUT2D eigenvalue weighted by molar-refractivity contribution is 0.373. The molecule has 1 aliphatic heterocycles.